The van der Waals surface area contributed by atoms with Crippen molar-refractivity contribution in [2.45, 2.75) is 19.3 Å². The molecule has 11 rings (SSSR count). The van der Waals surface area contributed by atoms with Crippen LogP contribution in [0.3, 0.4) is 0 Å². The minimum atomic E-state index is -0.117. The van der Waals surface area contributed by atoms with Crippen LogP contribution < -0.4 is 0 Å². The number of para-hydroxylation sites is 2. The van der Waals surface area contributed by atoms with Crippen molar-refractivity contribution < 1.29 is 4.42 Å². The molecule has 0 radical (unpaired) electrons. The molecule has 0 N–H and O–H groups in total. The van der Waals surface area contributed by atoms with Gasteiger partial charge in [-0.1, -0.05) is 166 Å². The van der Waals surface area contributed by atoms with E-state index in [1.54, 1.807) is 0 Å². The van der Waals surface area contributed by atoms with Gasteiger partial charge in [-0.25, -0.2) is 9.97 Å². The first-order valence-electron chi connectivity index (χ1n) is 19.2. The molecular formula is C53H36N2O. The van der Waals surface area contributed by atoms with Crippen LogP contribution in [0.5, 0.6) is 0 Å². The minimum Gasteiger partial charge on any atom is -0.455 e. The van der Waals surface area contributed by atoms with Crippen molar-refractivity contribution in [2.24, 2.45) is 0 Å². The van der Waals surface area contributed by atoms with E-state index in [0.717, 1.165) is 66.7 Å². The molecule has 3 heteroatoms. The van der Waals surface area contributed by atoms with Crippen LogP contribution in [-0.2, 0) is 5.41 Å². The second-order valence-electron chi connectivity index (χ2n) is 15.3. The van der Waals surface area contributed by atoms with Gasteiger partial charge in [-0.05, 0) is 80.0 Å². The lowest BCUT2D eigenvalue weighted by Gasteiger charge is -2.22. The van der Waals surface area contributed by atoms with Crippen molar-refractivity contribution in [1.82, 2.24) is 9.97 Å². The molecule has 0 bridgehead atoms. The van der Waals surface area contributed by atoms with Crippen LogP contribution in [-0.4, -0.2) is 9.97 Å². The maximum Gasteiger partial charge on any atom is 0.160 e. The Balaban J connectivity index is 1.09. The summed E-state index contributed by atoms with van der Waals surface area (Å²) in [7, 11) is 0. The summed E-state index contributed by atoms with van der Waals surface area (Å²) < 4.78 is 6.52. The lowest BCUT2D eigenvalue weighted by Crippen LogP contribution is -2.14. The first-order valence-corrected chi connectivity index (χ1v) is 19.2. The molecule has 56 heavy (non-hydrogen) atoms. The Morgan fingerprint density at radius 2 is 1.04 bits per heavy atom. The van der Waals surface area contributed by atoms with Gasteiger partial charge in [-0.3, -0.25) is 0 Å². The van der Waals surface area contributed by atoms with E-state index in [0.29, 0.717) is 5.82 Å². The third-order valence-corrected chi connectivity index (χ3v) is 11.7. The summed E-state index contributed by atoms with van der Waals surface area (Å²) in [5.74, 6) is 0.684. The fourth-order valence-corrected chi connectivity index (χ4v) is 8.91. The summed E-state index contributed by atoms with van der Waals surface area (Å²) in [4.78, 5) is 10.5. The van der Waals surface area contributed by atoms with Crippen LogP contribution in [0.15, 0.2) is 186 Å². The average molecular weight is 717 g/mol. The third-order valence-electron chi connectivity index (χ3n) is 11.7. The monoisotopic (exact) mass is 716 g/mol. The summed E-state index contributed by atoms with van der Waals surface area (Å²) in [5.41, 5.74) is 16.2. The molecule has 1 aliphatic carbocycles. The predicted octanol–water partition coefficient (Wildman–Crippen LogP) is 14.2. The van der Waals surface area contributed by atoms with Gasteiger partial charge in [0.25, 0.3) is 0 Å². The molecule has 10 aromatic rings. The molecule has 2 aromatic heterocycles. The van der Waals surface area contributed by atoms with Crippen molar-refractivity contribution in [3.8, 4) is 67.3 Å². The maximum atomic E-state index is 6.52. The first kappa shape index (κ1) is 32.3. The summed E-state index contributed by atoms with van der Waals surface area (Å²) in [6, 6.07) is 64.7. The molecule has 0 atom stereocenters. The largest absolute Gasteiger partial charge is 0.455 e. The molecule has 8 aromatic carbocycles. The fraction of sp³-hybridized carbons (Fsp3) is 0.0566. The van der Waals surface area contributed by atoms with Crippen LogP contribution in [0.25, 0.3) is 100.0 Å². The molecule has 3 nitrogen and oxygen atoms in total. The number of aromatic nitrogens is 2. The zero-order valence-corrected chi connectivity index (χ0v) is 31.1. The molecule has 0 aliphatic heterocycles. The zero-order chi connectivity index (χ0) is 37.4. The normalized spacial score (nSPS) is 13.0. The Bertz CT molecular complexity index is 3170. The minimum absolute atomic E-state index is 0.117. The molecule has 0 fully saturated rings. The second kappa shape index (κ2) is 12.5. The third kappa shape index (κ3) is 5.05. The summed E-state index contributed by atoms with van der Waals surface area (Å²) >= 11 is 0. The lowest BCUT2D eigenvalue weighted by atomic mass is 9.81. The summed E-state index contributed by atoms with van der Waals surface area (Å²) in [5, 5.41) is 4.75. The Hall–Kier alpha value is -7.10. The Kier molecular flexibility index (Phi) is 7.20. The standard InChI is InChI=1S/C53H36N2O/c1-53(2)45-27-14-24-38(50(45)44-30-34-17-6-7-18-35(34)31-46(44)53)36-19-12-20-37(29-36)47-32-48(55-52(54-47)33-15-4-3-5-16-33)40-22-9-8-21-39(40)42-25-13-26-43-41-23-10-11-28-49(41)56-51(42)43/h3-32H,1-2H3. The van der Waals surface area contributed by atoms with Gasteiger partial charge in [0.2, 0.25) is 0 Å². The molecule has 0 saturated heterocycles. The highest BCUT2D eigenvalue weighted by atomic mass is 16.3. The summed E-state index contributed by atoms with van der Waals surface area (Å²) in [6.45, 7) is 4.71. The Morgan fingerprint density at radius 1 is 0.411 bits per heavy atom. The second-order valence-corrected chi connectivity index (χ2v) is 15.3. The average Bonchev–Trinajstić information content (AvgIpc) is 3.75. The van der Waals surface area contributed by atoms with Crippen LogP contribution in [0.2, 0.25) is 0 Å². The molecule has 0 spiro atoms. The fourth-order valence-electron chi connectivity index (χ4n) is 8.91. The van der Waals surface area contributed by atoms with Gasteiger partial charge in [0.15, 0.2) is 5.82 Å². The van der Waals surface area contributed by atoms with Gasteiger partial charge in [0, 0.05) is 38.4 Å². The molecule has 0 unspecified atom stereocenters. The van der Waals surface area contributed by atoms with Crippen LogP contribution >= 0.6 is 0 Å². The highest BCUT2D eigenvalue weighted by Crippen LogP contribution is 2.53. The number of hydrogen-bond donors (Lipinski definition) is 0. The highest BCUT2D eigenvalue weighted by Gasteiger charge is 2.37. The van der Waals surface area contributed by atoms with Crippen molar-refractivity contribution in [1.29, 1.82) is 0 Å². The molecule has 0 saturated carbocycles. The topological polar surface area (TPSA) is 38.9 Å². The molecule has 264 valence electrons. The molecule has 0 amide bonds. The maximum absolute atomic E-state index is 6.52. The van der Waals surface area contributed by atoms with E-state index < -0.39 is 0 Å². The van der Waals surface area contributed by atoms with E-state index in [-0.39, 0.29) is 5.41 Å². The van der Waals surface area contributed by atoms with Crippen molar-refractivity contribution >= 4 is 32.7 Å². The number of fused-ring (bicyclic) bond motifs is 7. The van der Waals surface area contributed by atoms with Crippen LogP contribution in [0, 0.1) is 0 Å². The van der Waals surface area contributed by atoms with Gasteiger partial charge in [-0.2, -0.15) is 0 Å². The zero-order valence-electron chi connectivity index (χ0n) is 31.1. The highest BCUT2D eigenvalue weighted by molar-refractivity contribution is 6.10. The predicted molar refractivity (Wildman–Crippen MR) is 232 cm³/mol. The lowest BCUT2D eigenvalue weighted by molar-refractivity contribution is 0.661. The molecule has 2 heterocycles. The van der Waals surface area contributed by atoms with E-state index in [2.05, 4.69) is 166 Å². The Labute approximate surface area is 325 Å². The van der Waals surface area contributed by atoms with E-state index in [4.69, 9.17) is 14.4 Å². The van der Waals surface area contributed by atoms with Crippen LogP contribution in [0.4, 0.5) is 0 Å². The molecular weight excluding hydrogens is 681 g/mol. The van der Waals surface area contributed by atoms with E-state index in [1.807, 2.05) is 30.3 Å². The van der Waals surface area contributed by atoms with Crippen molar-refractivity contribution in [3.63, 3.8) is 0 Å². The van der Waals surface area contributed by atoms with E-state index in [1.165, 1.54) is 38.6 Å². The van der Waals surface area contributed by atoms with E-state index >= 15 is 0 Å². The quantitative estimate of drug-likeness (QED) is 0.178. The van der Waals surface area contributed by atoms with Gasteiger partial charge in [-0.15, -0.1) is 0 Å². The van der Waals surface area contributed by atoms with Gasteiger partial charge in [0.05, 0.1) is 11.4 Å². The number of hydrogen-bond acceptors (Lipinski definition) is 3. The first-order chi connectivity index (χ1) is 27.5. The SMILES string of the molecule is CC1(C)c2cc3ccccc3cc2-c2c(-c3cccc(-c4cc(-c5ccccc5-c5cccc6c5oc5ccccc56)nc(-c5ccccc5)n4)c3)cccc21. The molecule has 1 aliphatic rings. The van der Waals surface area contributed by atoms with E-state index in [9.17, 15) is 0 Å². The van der Waals surface area contributed by atoms with Crippen LogP contribution in [0.1, 0.15) is 25.0 Å². The van der Waals surface area contributed by atoms with Gasteiger partial charge in [0.1, 0.15) is 11.2 Å². The van der Waals surface area contributed by atoms with Crippen molar-refractivity contribution in [3.05, 3.63) is 193 Å². The number of furan rings is 1. The smallest absolute Gasteiger partial charge is 0.160 e. The summed E-state index contributed by atoms with van der Waals surface area (Å²) in [6.07, 6.45) is 0. The van der Waals surface area contributed by atoms with Gasteiger partial charge >= 0.3 is 0 Å². The number of nitrogens with zero attached hydrogens (tertiary/aromatic N) is 2. The number of benzene rings is 8. The van der Waals surface area contributed by atoms with Crippen molar-refractivity contribution in [2.75, 3.05) is 0 Å². The number of rotatable bonds is 5. The Morgan fingerprint density at radius 3 is 1.91 bits per heavy atom. The van der Waals surface area contributed by atoms with Gasteiger partial charge < -0.3 is 4.42 Å².